The molecular formula is C14H21N3O3. The fourth-order valence-corrected chi connectivity index (χ4v) is 1.56. The van der Waals surface area contributed by atoms with Crippen LogP contribution in [0.1, 0.15) is 19.8 Å². The zero-order valence-corrected chi connectivity index (χ0v) is 11.8. The third kappa shape index (κ3) is 5.81. The number of ether oxygens (including phenoxy) is 1. The Hall–Kier alpha value is -1.92. The molecule has 20 heavy (non-hydrogen) atoms. The zero-order chi connectivity index (χ0) is 15.0. The van der Waals surface area contributed by atoms with Crippen LogP contribution in [0, 0.1) is 0 Å². The lowest BCUT2D eigenvalue weighted by atomic mass is 10.1. The molecule has 0 aromatic heterocycles. The summed E-state index contributed by atoms with van der Waals surface area (Å²) >= 11 is 0. The Labute approximate surface area is 118 Å². The van der Waals surface area contributed by atoms with E-state index in [9.17, 15) is 9.59 Å². The maximum absolute atomic E-state index is 11.7. The van der Waals surface area contributed by atoms with Crippen molar-refractivity contribution in [2.24, 2.45) is 5.73 Å². The van der Waals surface area contributed by atoms with Gasteiger partial charge in [-0.05, 0) is 30.7 Å². The van der Waals surface area contributed by atoms with E-state index in [1.807, 2.05) is 6.92 Å². The standard InChI is InChI=1S/C14H21N3O3/c1-3-10(15)8-13(18)16-11-4-6-12(7-5-11)17-14(19)9-20-2/h4-7,10H,3,8-9,15H2,1-2H3,(H,16,18)(H,17,19). The Bertz CT molecular complexity index is 445. The van der Waals surface area contributed by atoms with Crippen LogP contribution in [0.4, 0.5) is 11.4 Å². The molecule has 1 aromatic rings. The summed E-state index contributed by atoms with van der Waals surface area (Å²) in [6.45, 7) is 1.95. The topological polar surface area (TPSA) is 93.5 Å². The molecule has 1 aromatic carbocycles. The van der Waals surface area contributed by atoms with Gasteiger partial charge in [-0.2, -0.15) is 0 Å². The minimum Gasteiger partial charge on any atom is -0.375 e. The first-order chi connectivity index (χ1) is 9.55. The number of amides is 2. The minimum atomic E-state index is -0.224. The number of methoxy groups -OCH3 is 1. The molecule has 0 saturated heterocycles. The van der Waals surface area contributed by atoms with Gasteiger partial charge in [0, 0.05) is 30.9 Å². The van der Waals surface area contributed by atoms with E-state index >= 15 is 0 Å². The highest BCUT2D eigenvalue weighted by Crippen LogP contribution is 2.14. The van der Waals surface area contributed by atoms with Gasteiger partial charge in [0.2, 0.25) is 11.8 Å². The molecule has 0 bridgehead atoms. The van der Waals surface area contributed by atoms with Gasteiger partial charge in [0.05, 0.1) is 0 Å². The molecule has 0 aliphatic heterocycles. The Morgan fingerprint density at radius 2 is 1.65 bits per heavy atom. The number of rotatable bonds is 7. The van der Waals surface area contributed by atoms with Crippen molar-refractivity contribution >= 4 is 23.2 Å². The van der Waals surface area contributed by atoms with Crippen LogP contribution in [0.5, 0.6) is 0 Å². The van der Waals surface area contributed by atoms with Crippen molar-refractivity contribution in [3.63, 3.8) is 0 Å². The Balaban J connectivity index is 2.50. The molecule has 6 nitrogen and oxygen atoms in total. The maximum atomic E-state index is 11.7. The number of hydrogen-bond acceptors (Lipinski definition) is 4. The summed E-state index contributed by atoms with van der Waals surface area (Å²) in [7, 11) is 1.46. The monoisotopic (exact) mass is 279 g/mol. The van der Waals surface area contributed by atoms with E-state index in [4.69, 9.17) is 10.5 Å². The molecule has 110 valence electrons. The quantitative estimate of drug-likeness (QED) is 0.702. The summed E-state index contributed by atoms with van der Waals surface area (Å²) in [4.78, 5) is 23.0. The first-order valence-electron chi connectivity index (χ1n) is 6.49. The lowest BCUT2D eigenvalue weighted by Gasteiger charge is -2.10. The van der Waals surface area contributed by atoms with Crippen LogP contribution in [0.25, 0.3) is 0 Å². The van der Waals surface area contributed by atoms with E-state index in [2.05, 4.69) is 10.6 Å². The third-order valence-corrected chi connectivity index (χ3v) is 2.70. The van der Waals surface area contributed by atoms with Crippen molar-refractivity contribution in [3.8, 4) is 0 Å². The van der Waals surface area contributed by atoms with Gasteiger partial charge in [0.1, 0.15) is 6.61 Å². The molecule has 0 aliphatic carbocycles. The summed E-state index contributed by atoms with van der Waals surface area (Å²) in [5.74, 6) is -0.339. The molecule has 0 heterocycles. The van der Waals surface area contributed by atoms with Crippen LogP contribution in [0.15, 0.2) is 24.3 Å². The first-order valence-corrected chi connectivity index (χ1v) is 6.49. The van der Waals surface area contributed by atoms with Gasteiger partial charge in [-0.3, -0.25) is 9.59 Å². The van der Waals surface area contributed by atoms with Gasteiger partial charge in [0.25, 0.3) is 0 Å². The Morgan fingerprint density at radius 1 is 1.15 bits per heavy atom. The number of hydrogen-bond donors (Lipinski definition) is 3. The van der Waals surface area contributed by atoms with Crippen LogP contribution in [0.3, 0.4) is 0 Å². The molecule has 2 amide bonds. The molecule has 1 atom stereocenters. The van der Waals surface area contributed by atoms with Crippen LogP contribution in [0.2, 0.25) is 0 Å². The van der Waals surface area contributed by atoms with Gasteiger partial charge in [-0.1, -0.05) is 6.92 Å². The average molecular weight is 279 g/mol. The van der Waals surface area contributed by atoms with E-state index < -0.39 is 0 Å². The summed E-state index contributed by atoms with van der Waals surface area (Å²) in [6, 6.07) is 6.74. The van der Waals surface area contributed by atoms with E-state index in [1.54, 1.807) is 24.3 Å². The smallest absolute Gasteiger partial charge is 0.250 e. The highest BCUT2D eigenvalue weighted by atomic mass is 16.5. The van der Waals surface area contributed by atoms with Gasteiger partial charge < -0.3 is 21.1 Å². The highest BCUT2D eigenvalue weighted by Gasteiger charge is 2.08. The predicted octanol–water partition coefficient (Wildman–Crippen LogP) is 1.34. The van der Waals surface area contributed by atoms with Gasteiger partial charge in [-0.15, -0.1) is 0 Å². The van der Waals surface area contributed by atoms with Crippen molar-refractivity contribution in [2.75, 3.05) is 24.4 Å². The maximum Gasteiger partial charge on any atom is 0.250 e. The average Bonchev–Trinajstić information content (AvgIpc) is 2.41. The Kier molecular flexibility index (Phi) is 6.69. The predicted molar refractivity (Wildman–Crippen MR) is 78.5 cm³/mol. The third-order valence-electron chi connectivity index (χ3n) is 2.70. The number of carbonyl (C=O) groups is 2. The highest BCUT2D eigenvalue weighted by molar-refractivity contribution is 5.93. The molecule has 6 heteroatoms. The van der Waals surface area contributed by atoms with Crippen LogP contribution < -0.4 is 16.4 Å². The van der Waals surface area contributed by atoms with E-state index in [0.717, 1.165) is 6.42 Å². The molecule has 0 aliphatic rings. The summed E-state index contributed by atoms with van der Waals surface area (Å²) in [5, 5.41) is 5.42. The molecule has 1 rings (SSSR count). The zero-order valence-electron chi connectivity index (χ0n) is 11.8. The van der Waals surface area contributed by atoms with Crippen LogP contribution in [-0.4, -0.2) is 31.6 Å². The summed E-state index contributed by atoms with van der Waals surface area (Å²) < 4.78 is 4.72. The largest absolute Gasteiger partial charge is 0.375 e. The second-order valence-corrected chi connectivity index (χ2v) is 4.48. The molecule has 0 radical (unpaired) electrons. The van der Waals surface area contributed by atoms with E-state index in [0.29, 0.717) is 17.8 Å². The minimum absolute atomic E-state index is 0.00733. The van der Waals surface area contributed by atoms with Crippen molar-refractivity contribution < 1.29 is 14.3 Å². The summed E-state index contributed by atoms with van der Waals surface area (Å²) in [6.07, 6.45) is 1.06. The molecule has 1 unspecified atom stereocenters. The van der Waals surface area contributed by atoms with Gasteiger partial charge in [0.15, 0.2) is 0 Å². The Morgan fingerprint density at radius 3 is 2.10 bits per heavy atom. The molecular weight excluding hydrogens is 258 g/mol. The number of nitrogens with one attached hydrogen (secondary N) is 2. The van der Waals surface area contributed by atoms with Crippen LogP contribution in [-0.2, 0) is 14.3 Å². The first kappa shape index (κ1) is 16.1. The number of benzene rings is 1. The van der Waals surface area contributed by atoms with Crippen molar-refractivity contribution in [2.45, 2.75) is 25.8 Å². The summed E-state index contributed by atoms with van der Waals surface area (Å²) in [5.41, 5.74) is 7.03. The lowest BCUT2D eigenvalue weighted by molar-refractivity contribution is -0.119. The van der Waals surface area contributed by atoms with E-state index in [-0.39, 0.29) is 24.5 Å². The van der Waals surface area contributed by atoms with Crippen molar-refractivity contribution in [3.05, 3.63) is 24.3 Å². The molecule has 0 saturated carbocycles. The second kappa shape index (κ2) is 8.29. The molecule has 4 N–H and O–H groups in total. The number of carbonyl (C=O) groups excluding carboxylic acids is 2. The van der Waals surface area contributed by atoms with Gasteiger partial charge >= 0.3 is 0 Å². The molecule has 0 fully saturated rings. The SMILES string of the molecule is CCC(N)CC(=O)Nc1ccc(NC(=O)COC)cc1. The van der Waals surface area contributed by atoms with Crippen molar-refractivity contribution in [1.82, 2.24) is 0 Å². The van der Waals surface area contributed by atoms with E-state index in [1.165, 1.54) is 7.11 Å². The fraction of sp³-hybridized carbons (Fsp3) is 0.429. The molecule has 0 spiro atoms. The number of nitrogens with two attached hydrogens (primary N) is 1. The van der Waals surface area contributed by atoms with Crippen LogP contribution >= 0.6 is 0 Å². The fourth-order valence-electron chi connectivity index (χ4n) is 1.56. The van der Waals surface area contributed by atoms with Gasteiger partial charge in [-0.25, -0.2) is 0 Å². The second-order valence-electron chi connectivity index (χ2n) is 4.48. The lowest BCUT2D eigenvalue weighted by Crippen LogP contribution is -2.26. The number of anilines is 2. The normalized spacial score (nSPS) is 11.8. The van der Waals surface area contributed by atoms with Crippen molar-refractivity contribution in [1.29, 1.82) is 0 Å².